The van der Waals surface area contributed by atoms with Crippen LogP contribution >= 0.6 is 0 Å². The monoisotopic (exact) mass is 581 g/mol. The summed E-state index contributed by atoms with van der Waals surface area (Å²) in [6.07, 6.45) is 4.25. The number of amidine groups is 1. The Bertz CT molecular complexity index is 1610. The third-order valence-corrected chi connectivity index (χ3v) is 8.79. The Morgan fingerprint density at radius 1 is 1.07 bits per heavy atom. The van der Waals surface area contributed by atoms with E-state index < -0.39 is 6.09 Å². The molecule has 0 bridgehead atoms. The summed E-state index contributed by atoms with van der Waals surface area (Å²) < 4.78 is 8.27. The molecule has 2 aliphatic rings. The zero-order valence-electron chi connectivity index (χ0n) is 24.8. The largest absolute Gasteiger partial charge is 0.465 e. The molecule has 1 aliphatic heterocycles. The number of ether oxygens (including phenoxy) is 1. The van der Waals surface area contributed by atoms with Crippen molar-refractivity contribution in [1.29, 1.82) is 5.41 Å². The van der Waals surface area contributed by atoms with Crippen molar-refractivity contribution < 1.29 is 14.6 Å². The molecule has 3 N–H and O–H groups in total. The summed E-state index contributed by atoms with van der Waals surface area (Å²) in [5.41, 5.74) is 5.13. The fraction of sp³-hybridized carbons (Fsp3) is 0.424. The highest BCUT2D eigenvalue weighted by Gasteiger charge is 2.32. The minimum absolute atomic E-state index is 0.00363. The molecule has 3 heterocycles. The van der Waals surface area contributed by atoms with Crippen molar-refractivity contribution in [3.05, 3.63) is 71.5 Å². The Morgan fingerprint density at radius 2 is 1.86 bits per heavy atom. The predicted molar refractivity (Wildman–Crippen MR) is 167 cm³/mol. The maximum atomic E-state index is 11.4. The number of hydrogen-bond acceptors (Lipinski definition) is 7. The molecule has 4 aromatic rings. The number of amides is 1. The van der Waals surface area contributed by atoms with Crippen LogP contribution in [0.2, 0.25) is 0 Å². The molecule has 1 saturated heterocycles. The lowest BCUT2D eigenvalue weighted by molar-refractivity contribution is 0.0927. The Morgan fingerprint density at radius 3 is 2.60 bits per heavy atom. The number of fused-ring (bicyclic) bond motifs is 1. The highest BCUT2D eigenvalue weighted by Crippen LogP contribution is 2.38. The van der Waals surface area contributed by atoms with Crippen LogP contribution in [0.15, 0.2) is 54.6 Å². The molecule has 0 radical (unpaired) electrons. The molecule has 1 saturated carbocycles. The topological polar surface area (TPSA) is 129 Å². The van der Waals surface area contributed by atoms with Gasteiger partial charge in [0.15, 0.2) is 17.3 Å². The van der Waals surface area contributed by atoms with Crippen molar-refractivity contribution in [3.8, 4) is 11.3 Å². The van der Waals surface area contributed by atoms with Crippen LogP contribution < -0.4 is 10.2 Å². The van der Waals surface area contributed by atoms with Gasteiger partial charge in [-0.25, -0.2) is 14.8 Å². The fourth-order valence-corrected chi connectivity index (χ4v) is 6.40. The molecular weight excluding hydrogens is 542 g/mol. The molecule has 43 heavy (non-hydrogen) atoms. The van der Waals surface area contributed by atoms with Crippen LogP contribution in [0.5, 0.6) is 0 Å². The summed E-state index contributed by atoms with van der Waals surface area (Å²) in [7, 11) is 0. The number of rotatable bonds is 7. The lowest BCUT2D eigenvalue weighted by Gasteiger charge is -2.37. The zero-order valence-corrected chi connectivity index (χ0v) is 24.8. The third-order valence-electron chi connectivity index (χ3n) is 8.79. The summed E-state index contributed by atoms with van der Waals surface area (Å²) in [5.74, 6) is 1.65. The molecule has 1 aliphatic carbocycles. The highest BCUT2D eigenvalue weighted by molar-refractivity contribution is 6.03. The van der Waals surface area contributed by atoms with Gasteiger partial charge in [-0.15, -0.1) is 0 Å². The number of nitrogens with one attached hydrogen (secondary N) is 2. The van der Waals surface area contributed by atoms with E-state index in [1.807, 2.05) is 30.3 Å². The first-order chi connectivity index (χ1) is 20.9. The van der Waals surface area contributed by atoms with Gasteiger partial charge in [0.25, 0.3) is 0 Å². The van der Waals surface area contributed by atoms with E-state index in [1.165, 1.54) is 12.8 Å². The summed E-state index contributed by atoms with van der Waals surface area (Å²) in [5, 5.41) is 19.9. The van der Waals surface area contributed by atoms with Crippen molar-refractivity contribution in [2.24, 2.45) is 11.8 Å². The number of morpholine rings is 1. The number of aryl methyl sites for hydroxylation is 1. The van der Waals surface area contributed by atoms with Crippen molar-refractivity contribution in [2.45, 2.75) is 58.5 Å². The number of anilines is 1. The van der Waals surface area contributed by atoms with Gasteiger partial charge in [-0.2, -0.15) is 4.98 Å². The van der Waals surface area contributed by atoms with Gasteiger partial charge < -0.3 is 19.3 Å². The lowest BCUT2D eigenvalue weighted by atomic mass is 9.83. The molecule has 1 amide bonds. The number of benzene rings is 2. The van der Waals surface area contributed by atoms with E-state index in [0.29, 0.717) is 37.0 Å². The van der Waals surface area contributed by atoms with Crippen molar-refractivity contribution in [1.82, 2.24) is 24.8 Å². The summed E-state index contributed by atoms with van der Waals surface area (Å²) >= 11 is 0. The number of carbonyl (C=O) groups is 1. The molecule has 10 heteroatoms. The van der Waals surface area contributed by atoms with E-state index in [0.717, 1.165) is 59.9 Å². The maximum Gasteiger partial charge on any atom is 0.410 e. The summed E-state index contributed by atoms with van der Waals surface area (Å²) in [6.45, 7) is 7.03. The van der Waals surface area contributed by atoms with Crippen LogP contribution in [0.1, 0.15) is 62.5 Å². The molecular formula is C33H39N7O3. The smallest absolute Gasteiger partial charge is 0.410 e. The average molecular weight is 582 g/mol. The van der Waals surface area contributed by atoms with Gasteiger partial charge in [0.1, 0.15) is 11.2 Å². The Kier molecular flexibility index (Phi) is 8.38. The second-order valence-corrected chi connectivity index (χ2v) is 11.8. The molecule has 2 aromatic heterocycles. The Balaban J connectivity index is 1.57. The SMILES string of the molecule is CCc1cccc(-c2nc(C(=N)NC(=O)O)nc3nc(N4CCOC[C@H]4c4ccccc4)n(CC4CCC(C)CC4)c23)c1. The van der Waals surface area contributed by atoms with Crippen LogP contribution in [0.3, 0.4) is 0 Å². The fourth-order valence-electron chi connectivity index (χ4n) is 6.40. The molecule has 6 rings (SSSR count). The van der Waals surface area contributed by atoms with Crippen molar-refractivity contribution >= 4 is 29.0 Å². The van der Waals surface area contributed by atoms with Gasteiger partial charge >= 0.3 is 6.09 Å². The maximum absolute atomic E-state index is 11.4. The van der Waals surface area contributed by atoms with Gasteiger partial charge in [-0.1, -0.05) is 75.2 Å². The minimum atomic E-state index is -1.33. The normalized spacial score (nSPS) is 20.7. The number of imidazole rings is 1. The first-order valence-corrected chi connectivity index (χ1v) is 15.3. The second-order valence-electron chi connectivity index (χ2n) is 11.8. The number of carboxylic acid groups (broad SMARTS) is 1. The number of nitrogens with zero attached hydrogens (tertiary/aromatic N) is 5. The van der Waals surface area contributed by atoms with Gasteiger partial charge in [-0.3, -0.25) is 10.7 Å². The molecule has 10 nitrogen and oxygen atoms in total. The average Bonchev–Trinajstić information content (AvgIpc) is 3.39. The van der Waals surface area contributed by atoms with E-state index in [4.69, 9.17) is 20.1 Å². The minimum Gasteiger partial charge on any atom is -0.465 e. The summed E-state index contributed by atoms with van der Waals surface area (Å²) in [4.78, 5) is 28.4. The Labute approximate surface area is 251 Å². The Hall–Kier alpha value is -4.31. The van der Waals surface area contributed by atoms with Gasteiger partial charge in [-0.05, 0) is 48.3 Å². The molecule has 0 spiro atoms. The first-order valence-electron chi connectivity index (χ1n) is 15.3. The van der Waals surface area contributed by atoms with Crippen LogP contribution in [0.25, 0.3) is 22.4 Å². The summed E-state index contributed by atoms with van der Waals surface area (Å²) in [6, 6.07) is 18.6. The molecule has 2 aromatic carbocycles. The van der Waals surface area contributed by atoms with Gasteiger partial charge in [0, 0.05) is 18.7 Å². The van der Waals surface area contributed by atoms with E-state index in [-0.39, 0.29) is 17.7 Å². The van der Waals surface area contributed by atoms with E-state index in [9.17, 15) is 9.90 Å². The van der Waals surface area contributed by atoms with Crippen molar-refractivity contribution in [3.63, 3.8) is 0 Å². The number of hydrogen-bond donors (Lipinski definition) is 3. The van der Waals surface area contributed by atoms with Crippen LogP contribution in [0.4, 0.5) is 10.7 Å². The van der Waals surface area contributed by atoms with E-state index in [2.05, 4.69) is 57.9 Å². The first kappa shape index (κ1) is 28.8. The third kappa shape index (κ3) is 6.10. The molecule has 1 atom stereocenters. The van der Waals surface area contributed by atoms with E-state index in [1.54, 1.807) is 0 Å². The van der Waals surface area contributed by atoms with Gasteiger partial charge in [0.05, 0.1) is 19.3 Å². The predicted octanol–water partition coefficient (Wildman–Crippen LogP) is 6.05. The second kappa shape index (κ2) is 12.5. The molecule has 0 unspecified atom stereocenters. The zero-order chi connectivity index (χ0) is 29.9. The van der Waals surface area contributed by atoms with Gasteiger partial charge in [0.2, 0.25) is 5.95 Å². The van der Waals surface area contributed by atoms with Crippen LogP contribution in [0, 0.1) is 17.2 Å². The van der Waals surface area contributed by atoms with E-state index >= 15 is 0 Å². The van der Waals surface area contributed by atoms with Crippen molar-refractivity contribution in [2.75, 3.05) is 24.7 Å². The standard InChI is InChI=1S/C33H39N7O3/c1-3-22-8-7-11-25(18-22)27-28-30(37-31(35-27)29(34)36-33(41)42)38-32(40(28)19-23-14-12-21(2)13-15-23)39-16-17-43-20-26(39)24-9-5-4-6-10-24/h4-11,18,21,23,26H,3,12-17,19-20H2,1-2H3,(H2,34,36)(H,41,42)/t21?,23?,26-/m0/s1. The van der Waals surface area contributed by atoms with Crippen LogP contribution in [-0.4, -0.2) is 56.3 Å². The molecule has 224 valence electrons. The lowest BCUT2D eigenvalue weighted by Crippen LogP contribution is -2.41. The highest BCUT2D eigenvalue weighted by atomic mass is 16.5. The van der Waals surface area contributed by atoms with Crippen LogP contribution in [-0.2, 0) is 17.7 Å². The quantitative estimate of drug-likeness (QED) is 0.179. The number of aromatic nitrogens is 4. The molecule has 2 fully saturated rings.